The number of aliphatic hydroxyl groups excluding tert-OH is 10. The van der Waals surface area contributed by atoms with Crippen molar-refractivity contribution in [2.75, 3.05) is 25.1 Å². The van der Waals surface area contributed by atoms with E-state index >= 15 is 0 Å². The Labute approximate surface area is 325 Å². The maximum Gasteiger partial charge on any atom is 0.267 e. The average Bonchev–Trinajstić information content (AvgIpc) is 3.19. The van der Waals surface area contributed by atoms with Crippen LogP contribution in [0.25, 0.3) is 0 Å². The number of nitrogens with one attached hydrogen (secondary N) is 1. The molecular weight excluding hydrogens is 772 g/mol. The molecule has 4 rings (SSSR count). The van der Waals surface area contributed by atoms with E-state index < -0.39 is 142 Å². The second kappa shape index (κ2) is 21.3. The van der Waals surface area contributed by atoms with Crippen LogP contribution < -0.4 is 10.1 Å². The summed E-state index contributed by atoms with van der Waals surface area (Å²) in [5.74, 6) is 0.0426. The number of anilines is 1. The number of ketones is 1. The molecule has 0 saturated carbocycles. The van der Waals surface area contributed by atoms with Gasteiger partial charge in [0.05, 0.1) is 31.3 Å². The van der Waals surface area contributed by atoms with Crippen LogP contribution in [0, 0.1) is 18.3 Å². The molecule has 3 aliphatic heterocycles. The molecule has 16 atom stereocenters. The normalized spacial score (nSPS) is 36.3. The molecule has 0 aromatic heterocycles. The van der Waals surface area contributed by atoms with Crippen molar-refractivity contribution in [2.24, 2.45) is 5.92 Å². The van der Waals surface area contributed by atoms with Crippen molar-refractivity contribution in [1.29, 1.82) is 0 Å². The highest BCUT2D eigenvalue weighted by atomic mass is 19.3. The summed E-state index contributed by atoms with van der Waals surface area (Å²) in [5, 5.41) is 106. The summed E-state index contributed by atoms with van der Waals surface area (Å²) >= 11 is 0. The molecule has 1 aromatic carbocycles. The Bertz CT molecular complexity index is 1500. The van der Waals surface area contributed by atoms with E-state index in [2.05, 4.69) is 11.2 Å². The minimum absolute atomic E-state index is 0.0720. The van der Waals surface area contributed by atoms with Crippen molar-refractivity contribution in [3.05, 3.63) is 23.8 Å². The first-order valence-corrected chi connectivity index (χ1v) is 18.3. The van der Waals surface area contributed by atoms with E-state index in [0.29, 0.717) is 6.42 Å². The van der Waals surface area contributed by atoms with Gasteiger partial charge >= 0.3 is 0 Å². The minimum Gasteiger partial charge on any atom is -0.461 e. The average molecular weight is 824 g/mol. The number of Topliss-reactive ketones (excluding diaryl/α,β-unsaturated/α-hetero) is 1. The Hall–Kier alpha value is -3.02. The van der Waals surface area contributed by atoms with Gasteiger partial charge in [-0.3, -0.25) is 9.59 Å². The molecule has 3 fully saturated rings. The number of ether oxygens (including phenoxy) is 6. The van der Waals surface area contributed by atoms with E-state index in [1.165, 1.54) is 6.07 Å². The number of benzene rings is 1. The van der Waals surface area contributed by atoms with Crippen molar-refractivity contribution >= 4 is 17.4 Å². The second-order valence-electron chi connectivity index (χ2n) is 13.9. The molecular formula is C36H51F2NO18. The predicted octanol–water partition coefficient (Wildman–Crippen LogP) is -2.82. The maximum atomic E-state index is 14.3. The highest BCUT2D eigenvalue weighted by Gasteiger charge is 2.54. The number of amides is 1. The Morgan fingerprint density at radius 1 is 0.789 bits per heavy atom. The van der Waals surface area contributed by atoms with Gasteiger partial charge in [0.2, 0.25) is 12.2 Å². The summed E-state index contributed by atoms with van der Waals surface area (Å²) < 4.78 is 61.5. The maximum absolute atomic E-state index is 14.3. The van der Waals surface area contributed by atoms with E-state index in [1.54, 1.807) is 0 Å². The molecule has 0 spiro atoms. The van der Waals surface area contributed by atoms with Gasteiger partial charge in [-0.2, -0.15) is 0 Å². The molecule has 0 bridgehead atoms. The van der Waals surface area contributed by atoms with E-state index in [-0.39, 0.29) is 30.7 Å². The molecule has 3 aliphatic rings. The van der Waals surface area contributed by atoms with Gasteiger partial charge in [-0.25, -0.2) is 8.78 Å². The molecule has 11 N–H and O–H groups in total. The fraction of sp³-hybridized carbons (Fsp3) is 0.722. The van der Waals surface area contributed by atoms with Crippen LogP contribution in [0.1, 0.15) is 51.0 Å². The quantitative estimate of drug-likeness (QED) is 0.0666. The summed E-state index contributed by atoms with van der Waals surface area (Å²) in [7, 11) is 0. The van der Waals surface area contributed by atoms with Crippen LogP contribution in [-0.4, -0.2) is 175 Å². The third-order valence-corrected chi connectivity index (χ3v) is 9.85. The fourth-order valence-corrected chi connectivity index (χ4v) is 6.56. The van der Waals surface area contributed by atoms with Crippen LogP contribution in [-0.2, 0) is 33.3 Å². The monoisotopic (exact) mass is 823 g/mol. The fourth-order valence-electron chi connectivity index (χ4n) is 6.56. The molecule has 1 aromatic rings. The zero-order valence-corrected chi connectivity index (χ0v) is 30.8. The largest absolute Gasteiger partial charge is 0.461 e. The van der Waals surface area contributed by atoms with Crippen LogP contribution in [0.4, 0.5) is 14.5 Å². The van der Waals surface area contributed by atoms with Gasteiger partial charge in [-0.05, 0) is 24.6 Å². The number of hydrogen-bond donors (Lipinski definition) is 11. The first kappa shape index (κ1) is 46.7. The van der Waals surface area contributed by atoms with Gasteiger partial charge in [0.25, 0.3) is 6.43 Å². The van der Waals surface area contributed by atoms with Crippen LogP contribution in [0.2, 0.25) is 0 Å². The number of halogens is 2. The Balaban J connectivity index is 1.43. The van der Waals surface area contributed by atoms with Crippen LogP contribution >= 0.6 is 0 Å². The van der Waals surface area contributed by atoms with Crippen molar-refractivity contribution in [1.82, 2.24) is 0 Å². The van der Waals surface area contributed by atoms with Crippen molar-refractivity contribution in [2.45, 2.75) is 138 Å². The lowest BCUT2D eigenvalue weighted by Gasteiger charge is -2.48. The van der Waals surface area contributed by atoms with Crippen LogP contribution in [0.3, 0.4) is 0 Å². The molecule has 7 unspecified atom stereocenters. The third kappa shape index (κ3) is 11.2. The molecule has 3 saturated heterocycles. The van der Waals surface area contributed by atoms with E-state index in [4.69, 9.17) is 34.8 Å². The first-order chi connectivity index (χ1) is 27.1. The SMILES string of the molecule is C#CCC(CC(=O)CCCC)C(=O)Nc1ccc(O[C@@H]2OC(CO)[C@@H](O[C@H]3OC(CO)[C@H](O[C@H]4OC(CO)[C@@H](O)[C@H](O)C4O)[C@H](O)C3O)[C@H](O)C2O)c(C(F)F)c1. The van der Waals surface area contributed by atoms with Gasteiger partial charge < -0.3 is 84.8 Å². The smallest absolute Gasteiger partial charge is 0.267 e. The molecule has 57 heavy (non-hydrogen) atoms. The standard InChI is InChI=1S/C36H51F2NO18/c1-3-5-7-17(43)10-15(6-4-2)33(51)39-16-8-9-19(18(11-16)32(37)38)52-34-28(49)25(46)30(21(13-41)54-34)57-36-29(50)26(47)31(22(14-42)55-36)56-35-27(48)24(45)23(44)20(12-40)53-35/h2,8-9,11,15,20-32,34-36,40-42,44-50H,3,5-7,10,12-14H2,1H3,(H,39,51)/t15?,20?,21?,22?,23-,24+,25-,26-,27?,28?,29?,30-,31+,34-,35-,36-/m1/s1. The number of terminal acetylenes is 1. The van der Waals surface area contributed by atoms with Gasteiger partial charge in [0.15, 0.2) is 12.6 Å². The zero-order chi connectivity index (χ0) is 42.1. The number of unbranched alkanes of at least 4 members (excludes halogenated alkanes) is 1. The second-order valence-corrected chi connectivity index (χ2v) is 13.9. The van der Waals surface area contributed by atoms with E-state index in [1.807, 2.05) is 6.92 Å². The van der Waals surface area contributed by atoms with Gasteiger partial charge in [0.1, 0.15) is 84.8 Å². The van der Waals surface area contributed by atoms with Crippen LogP contribution in [0.5, 0.6) is 5.75 Å². The molecule has 322 valence electrons. The summed E-state index contributed by atoms with van der Waals surface area (Å²) in [6, 6.07) is 3.12. The third-order valence-electron chi connectivity index (χ3n) is 9.85. The van der Waals surface area contributed by atoms with Crippen molar-refractivity contribution in [3.63, 3.8) is 0 Å². The Morgan fingerprint density at radius 3 is 1.84 bits per heavy atom. The van der Waals surface area contributed by atoms with E-state index in [9.17, 15) is 69.4 Å². The first-order valence-electron chi connectivity index (χ1n) is 18.3. The number of carbonyl (C=O) groups is 2. The molecule has 1 amide bonds. The van der Waals surface area contributed by atoms with Crippen molar-refractivity contribution < 1.29 is 97.9 Å². The van der Waals surface area contributed by atoms with E-state index in [0.717, 1.165) is 18.6 Å². The summed E-state index contributed by atoms with van der Waals surface area (Å²) in [6.07, 6.45) is -23.7. The number of aliphatic hydroxyl groups is 10. The minimum atomic E-state index is -3.20. The summed E-state index contributed by atoms with van der Waals surface area (Å²) in [6.45, 7) is -0.763. The lowest BCUT2D eigenvalue weighted by molar-refractivity contribution is -0.376. The predicted molar refractivity (Wildman–Crippen MR) is 186 cm³/mol. The Kier molecular flexibility index (Phi) is 17.4. The van der Waals surface area contributed by atoms with Gasteiger partial charge in [0, 0.05) is 24.9 Å². The van der Waals surface area contributed by atoms with Gasteiger partial charge in [-0.1, -0.05) is 13.3 Å². The molecule has 0 aliphatic carbocycles. The number of hydrogen-bond acceptors (Lipinski definition) is 18. The highest BCUT2D eigenvalue weighted by molar-refractivity contribution is 5.95. The zero-order valence-electron chi connectivity index (χ0n) is 30.8. The summed E-state index contributed by atoms with van der Waals surface area (Å²) in [4.78, 5) is 25.2. The summed E-state index contributed by atoms with van der Waals surface area (Å²) in [5.41, 5.74) is -0.861. The highest BCUT2D eigenvalue weighted by Crippen LogP contribution is 2.36. The lowest BCUT2D eigenvalue weighted by atomic mass is 9.95. The Morgan fingerprint density at radius 2 is 1.32 bits per heavy atom. The molecule has 21 heteroatoms. The number of carbonyl (C=O) groups excluding carboxylic acids is 2. The number of rotatable bonds is 18. The van der Waals surface area contributed by atoms with Crippen molar-refractivity contribution in [3.8, 4) is 18.1 Å². The number of alkyl halides is 2. The topological polar surface area (TPSA) is 304 Å². The lowest BCUT2D eigenvalue weighted by Crippen LogP contribution is -2.66. The van der Waals surface area contributed by atoms with Gasteiger partial charge in [-0.15, -0.1) is 12.3 Å². The molecule has 3 heterocycles. The molecule has 0 radical (unpaired) electrons. The molecule has 19 nitrogen and oxygen atoms in total. The van der Waals surface area contributed by atoms with Crippen LogP contribution in [0.15, 0.2) is 18.2 Å².